The van der Waals surface area contributed by atoms with Crippen LogP contribution in [0.5, 0.6) is 5.75 Å². The molecular weight excluding hydrogens is 286 g/mol. The van der Waals surface area contributed by atoms with Gasteiger partial charge in [-0.1, -0.05) is 25.0 Å². The second-order valence-electron chi connectivity index (χ2n) is 7.12. The Hall–Kier alpha value is -1.10. The third-order valence-corrected chi connectivity index (χ3v) is 5.34. The summed E-state index contributed by atoms with van der Waals surface area (Å²) in [4.78, 5) is 5.26. The van der Waals surface area contributed by atoms with Gasteiger partial charge in [0.1, 0.15) is 5.75 Å². The van der Waals surface area contributed by atoms with Gasteiger partial charge in [0.2, 0.25) is 0 Å². The van der Waals surface area contributed by atoms with Crippen LogP contribution in [-0.4, -0.2) is 60.2 Å². The Morgan fingerprint density at radius 2 is 1.96 bits per heavy atom. The SMILES string of the molecule is CC1CNCCN1C(CN1CCCCCC1)c1cccc(O)c1. The minimum absolute atomic E-state index is 0.372. The van der Waals surface area contributed by atoms with Crippen molar-refractivity contribution in [2.45, 2.75) is 44.7 Å². The van der Waals surface area contributed by atoms with Gasteiger partial charge in [-0.2, -0.15) is 0 Å². The fraction of sp³-hybridized carbons (Fsp3) is 0.684. The van der Waals surface area contributed by atoms with Gasteiger partial charge < -0.3 is 15.3 Å². The quantitative estimate of drug-likeness (QED) is 0.895. The summed E-state index contributed by atoms with van der Waals surface area (Å²) in [7, 11) is 0. The lowest BCUT2D eigenvalue weighted by Crippen LogP contribution is -2.53. The first kappa shape index (κ1) is 16.7. The molecule has 23 heavy (non-hydrogen) atoms. The van der Waals surface area contributed by atoms with Crippen LogP contribution < -0.4 is 5.32 Å². The van der Waals surface area contributed by atoms with Crippen LogP contribution in [0.1, 0.15) is 44.2 Å². The summed E-state index contributed by atoms with van der Waals surface area (Å²) in [5.74, 6) is 0.381. The van der Waals surface area contributed by atoms with Gasteiger partial charge >= 0.3 is 0 Å². The van der Waals surface area contributed by atoms with Crippen molar-refractivity contribution in [3.8, 4) is 5.75 Å². The Labute approximate surface area is 140 Å². The molecular formula is C19H31N3O. The smallest absolute Gasteiger partial charge is 0.115 e. The normalized spacial score (nSPS) is 25.9. The highest BCUT2D eigenvalue weighted by molar-refractivity contribution is 5.30. The molecule has 0 amide bonds. The molecule has 0 bridgehead atoms. The maximum absolute atomic E-state index is 9.93. The van der Waals surface area contributed by atoms with Crippen LogP contribution in [0.2, 0.25) is 0 Å². The van der Waals surface area contributed by atoms with Gasteiger partial charge in [-0.15, -0.1) is 0 Å². The summed E-state index contributed by atoms with van der Waals surface area (Å²) >= 11 is 0. The molecule has 3 rings (SSSR count). The van der Waals surface area contributed by atoms with E-state index in [2.05, 4.69) is 28.1 Å². The van der Waals surface area contributed by atoms with Crippen molar-refractivity contribution in [2.75, 3.05) is 39.3 Å². The zero-order chi connectivity index (χ0) is 16.1. The molecule has 1 aromatic rings. The third-order valence-electron chi connectivity index (χ3n) is 5.34. The van der Waals surface area contributed by atoms with Crippen molar-refractivity contribution < 1.29 is 5.11 Å². The fourth-order valence-electron chi connectivity index (χ4n) is 4.02. The number of benzene rings is 1. The molecule has 0 aliphatic carbocycles. The zero-order valence-corrected chi connectivity index (χ0v) is 14.4. The van der Waals surface area contributed by atoms with Crippen LogP contribution >= 0.6 is 0 Å². The van der Waals surface area contributed by atoms with Crippen molar-refractivity contribution in [3.05, 3.63) is 29.8 Å². The van der Waals surface area contributed by atoms with E-state index in [4.69, 9.17) is 0 Å². The second-order valence-corrected chi connectivity index (χ2v) is 7.12. The summed E-state index contributed by atoms with van der Waals surface area (Å²) in [5, 5.41) is 13.4. The number of aromatic hydroxyl groups is 1. The van der Waals surface area contributed by atoms with E-state index in [9.17, 15) is 5.11 Å². The van der Waals surface area contributed by atoms with E-state index < -0.39 is 0 Å². The molecule has 0 saturated carbocycles. The molecule has 128 valence electrons. The number of hydrogen-bond donors (Lipinski definition) is 2. The summed E-state index contributed by atoms with van der Waals surface area (Å²) in [6, 6.07) is 8.79. The van der Waals surface area contributed by atoms with Crippen molar-refractivity contribution >= 4 is 0 Å². The summed E-state index contributed by atoms with van der Waals surface area (Å²) in [5.41, 5.74) is 1.25. The number of phenolic OH excluding ortho intramolecular Hbond substituents is 1. The van der Waals surface area contributed by atoms with Crippen molar-refractivity contribution in [1.82, 2.24) is 15.1 Å². The Morgan fingerprint density at radius 1 is 1.17 bits per heavy atom. The molecule has 1 aromatic carbocycles. The summed E-state index contributed by atoms with van der Waals surface area (Å²) in [6.07, 6.45) is 5.39. The zero-order valence-electron chi connectivity index (χ0n) is 14.4. The molecule has 2 N–H and O–H groups in total. The molecule has 2 atom stereocenters. The number of nitrogens with zero attached hydrogens (tertiary/aromatic N) is 2. The third kappa shape index (κ3) is 4.46. The summed E-state index contributed by atoms with van der Waals surface area (Å²) in [6.45, 7) is 9.01. The van der Waals surface area contributed by atoms with Crippen LogP contribution in [-0.2, 0) is 0 Å². The molecule has 2 aliphatic rings. The van der Waals surface area contributed by atoms with Crippen molar-refractivity contribution in [3.63, 3.8) is 0 Å². The van der Waals surface area contributed by atoms with E-state index in [0.717, 1.165) is 26.2 Å². The first-order valence-corrected chi connectivity index (χ1v) is 9.22. The summed E-state index contributed by atoms with van der Waals surface area (Å²) < 4.78 is 0. The molecule has 2 heterocycles. The number of hydrogen-bond acceptors (Lipinski definition) is 4. The fourth-order valence-corrected chi connectivity index (χ4v) is 4.02. The molecule has 2 unspecified atom stereocenters. The number of phenols is 1. The minimum Gasteiger partial charge on any atom is -0.508 e. The van der Waals surface area contributed by atoms with E-state index in [1.54, 1.807) is 6.07 Å². The lowest BCUT2D eigenvalue weighted by molar-refractivity contribution is 0.0850. The Balaban J connectivity index is 1.80. The lowest BCUT2D eigenvalue weighted by Gasteiger charge is -2.42. The molecule has 4 heteroatoms. The predicted octanol–water partition coefficient (Wildman–Crippen LogP) is 2.60. The molecule has 4 nitrogen and oxygen atoms in total. The number of likely N-dealkylation sites (tertiary alicyclic amines) is 1. The van der Waals surface area contributed by atoms with Gasteiger partial charge in [-0.05, 0) is 50.6 Å². The average molecular weight is 317 g/mol. The maximum Gasteiger partial charge on any atom is 0.115 e. The highest BCUT2D eigenvalue weighted by Crippen LogP contribution is 2.28. The molecule has 2 aliphatic heterocycles. The van der Waals surface area contributed by atoms with Gasteiger partial charge in [0.15, 0.2) is 0 Å². The Kier molecular flexibility index (Phi) is 5.92. The molecule has 0 radical (unpaired) electrons. The molecule has 0 spiro atoms. The van der Waals surface area contributed by atoms with E-state index >= 15 is 0 Å². The van der Waals surface area contributed by atoms with Crippen LogP contribution in [0, 0.1) is 0 Å². The monoisotopic (exact) mass is 317 g/mol. The first-order chi connectivity index (χ1) is 11.2. The van der Waals surface area contributed by atoms with Crippen LogP contribution in [0.4, 0.5) is 0 Å². The molecule has 2 fully saturated rings. The van der Waals surface area contributed by atoms with E-state index in [0.29, 0.717) is 17.8 Å². The predicted molar refractivity (Wildman–Crippen MR) is 94.8 cm³/mol. The van der Waals surface area contributed by atoms with Crippen LogP contribution in [0.3, 0.4) is 0 Å². The first-order valence-electron chi connectivity index (χ1n) is 9.22. The van der Waals surface area contributed by atoms with Crippen LogP contribution in [0.15, 0.2) is 24.3 Å². The van der Waals surface area contributed by atoms with Crippen molar-refractivity contribution in [2.24, 2.45) is 0 Å². The highest BCUT2D eigenvalue weighted by atomic mass is 16.3. The van der Waals surface area contributed by atoms with Gasteiger partial charge in [-0.25, -0.2) is 0 Å². The van der Waals surface area contributed by atoms with Gasteiger partial charge in [0, 0.05) is 38.3 Å². The van der Waals surface area contributed by atoms with E-state index in [1.165, 1.54) is 44.3 Å². The van der Waals surface area contributed by atoms with E-state index in [-0.39, 0.29) is 0 Å². The standard InChI is InChI=1S/C19H31N3O/c1-16-14-20-9-12-22(16)19(17-7-6-8-18(23)13-17)15-21-10-4-2-3-5-11-21/h6-8,13,16,19-20,23H,2-5,9-12,14-15H2,1H3. The van der Waals surface area contributed by atoms with E-state index in [1.807, 2.05) is 12.1 Å². The average Bonchev–Trinajstić information content (AvgIpc) is 2.82. The van der Waals surface area contributed by atoms with Crippen molar-refractivity contribution in [1.29, 1.82) is 0 Å². The lowest BCUT2D eigenvalue weighted by atomic mass is 10.0. The Morgan fingerprint density at radius 3 is 2.65 bits per heavy atom. The topological polar surface area (TPSA) is 38.7 Å². The van der Waals surface area contributed by atoms with Gasteiger partial charge in [-0.3, -0.25) is 4.90 Å². The highest BCUT2D eigenvalue weighted by Gasteiger charge is 2.29. The minimum atomic E-state index is 0.372. The number of rotatable bonds is 4. The molecule has 2 saturated heterocycles. The van der Waals surface area contributed by atoms with Crippen LogP contribution in [0.25, 0.3) is 0 Å². The largest absolute Gasteiger partial charge is 0.508 e. The van der Waals surface area contributed by atoms with Gasteiger partial charge in [0.25, 0.3) is 0 Å². The maximum atomic E-state index is 9.93. The number of piperazine rings is 1. The second kappa shape index (κ2) is 8.13. The molecule has 0 aromatic heterocycles. The van der Waals surface area contributed by atoms with Gasteiger partial charge in [0.05, 0.1) is 0 Å². The Bertz CT molecular complexity index is 485. The number of nitrogens with one attached hydrogen (secondary N) is 1.